The Morgan fingerprint density at radius 1 is 1.07 bits per heavy atom. The highest BCUT2D eigenvalue weighted by Crippen LogP contribution is 2.34. The van der Waals surface area contributed by atoms with Crippen molar-refractivity contribution < 1.29 is 28.6 Å². The van der Waals surface area contributed by atoms with Gasteiger partial charge in [0.05, 0.1) is 12.8 Å². The van der Waals surface area contributed by atoms with E-state index in [2.05, 4.69) is 5.32 Å². The third kappa shape index (κ3) is 2.86. The van der Waals surface area contributed by atoms with E-state index in [4.69, 9.17) is 14.2 Å². The van der Waals surface area contributed by atoms with E-state index >= 15 is 0 Å². The van der Waals surface area contributed by atoms with Gasteiger partial charge in [0, 0.05) is 0 Å². The number of barbiturate groups is 1. The highest BCUT2D eigenvalue weighted by Gasteiger charge is 2.38. The summed E-state index contributed by atoms with van der Waals surface area (Å²) in [5.41, 5.74) is 0.623. The smallest absolute Gasteiger partial charge is 0.336 e. The number of carbonyl (C=O) groups is 3. The van der Waals surface area contributed by atoms with Crippen LogP contribution in [0.1, 0.15) is 5.56 Å². The van der Waals surface area contributed by atoms with Gasteiger partial charge in [0.2, 0.25) is 6.79 Å². The van der Waals surface area contributed by atoms with Crippen molar-refractivity contribution in [3.63, 3.8) is 0 Å². The van der Waals surface area contributed by atoms with Crippen molar-refractivity contribution in [1.29, 1.82) is 0 Å². The molecule has 0 spiro atoms. The number of carbonyl (C=O) groups excluding carboxylic acids is 3. The lowest BCUT2D eigenvalue weighted by molar-refractivity contribution is -0.122. The number of para-hydroxylation sites is 2. The van der Waals surface area contributed by atoms with Crippen molar-refractivity contribution in [2.24, 2.45) is 0 Å². The van der Waals surface area contributed by atoms with Gasteiger partial charge >= 0.3 is 6.03 Å². The maximum Gasteiger partial charge on any atom is 0.336 e. The number of hydrogen-bond acceptors (Lipinski definition) is 6. The monoisotopic (exact) mass is 366 g/mol. The molecule has 4 rings (SSSR count). The molecule has 0 aliphatic carbocycles. The van der Waals surface area contributed by atoms with Gasteiger partial charge in [0.1, 0.15) is 11.3 Å². The largest absolute Gasteiger partial charge is 0.495 e. The fourth-order valence-electron chi connectivity index (χ4n) is 2.86. The molecule has 2 aliphatic heterocycles. The van der Waals surface area contributed by atoms with Gasteiger partial charge in [-0.3, -0.25) is 14.9 Å². The number of rotatable bonds is 3. The zero-order valence-electron chi connectivity index (χ0n) is 14.2. The van der Waals surface area contributed by atoms with E-state index in [0.29, 0.717) is 22.8 Å². The number of ether oxygens (including phenoxy) is 3. The number of urea groups is 1. The maximum absolute atomic E-state index is 12.9. The lowest BCUT2D eigenvalue weighted by Gasteiger charge is -2.27. The molecule has 136 valence electrons. The van der Waals surface area contributed by atoms with Crippen molar-refractivity contribution in [2.45, 2.75) is 0 Å². The summed E-state index contributed by atoms with van der Waals surface area (Å²) in [6.07, 6.45) is 1.40. The highest BCUT2D eigenvalue weighted by molar-refractivity contribution is 6.39. The van der Waals surface area contributed by atoms with Crippen molar-refractivity contribution >= 4 is 29.6 Å². The van der Waals surface area contributed by atoms with Crippen LogP contribution in [-0.2, 0) is 9.59 Å². The van der Waals surface area contributed by atoms with Gasteiger partial charge in [0.25, 0.3) is 11.8 Å². The number of benzene rings is 2. The zero-order valence-corrected chi connectivity index (χ0v) is 14.2. The first-order valence-corrected chi connectivity index (χ1v) is 8.02. The average Bonchev–Trinajstić information content (AvgIpc) is 3.13. The fourth-order valence-corrected chi connectivity index (χ4v) is 2.86. The molecule has 4 amide bonds. The zero-order chi connectivity index (χ0) is 19.0. The predicted octanol–water partition coefficient (Wildman–Crippen LogP) is 2.09. The van der Waals surface area contributed by atoms with Crippen LogP contribution in [0.25, 0.3) is 6.08 Å². The van der Waals surface area contributed by atoms with Gasteiger partial charge in [-0.15, -0.1) is 0 Å². The van der Waals surface area contributed by atoms with Crippen LogP contribution in [0, 0.1) is 0 Å². The van der Waals surface area contributed by atoms with Crippen LogP contribution < -0.4 is 24.4 Å². The van der Waals surface area contributed by atoms with E-state index in [9.17, 15) is 14.4 Å². The summed E-state index contributed by atoms with van der Waals surface area (Å²) in [6, 6.07) is 10.7. The molecule has 2 heterocycles. The number of amides is 4. The third-order valence-electron chi connectivity index (χ3n) is 4.14. The molecule has 0 radical (unpaired) electrons. The summed E-state index contributed by atoms with van der Waals surface area (Å²) in [6.45, 7) is 0.116. The van der Waals surface area contributed by atoms with Crippen LogP contribution in [0.5, 0.6) is 17.2 Å². The second-order valence-corrected chi connectivity index (χ2v) is 5.74. The minimum Gasteiger partial charge on any atom is -0.495 e. The summed E-state index contributed by atoms with van der Waals surface area (Å²) >= 11 is 0. The number of nitrogens with zero attached hydrogens (tertiary/aromatic N) is 1. The molecular weight excluding hydrogens is 352 g/mol. The molecule has 0 bridgehead atoms. The van der Waals surface area contributed by atoms with E-state index in [0.717, 1.165) is 4.90 Å². The van der Waals surface area contributed by atoms with Crippen LogP contribution in [0.3, 0.4) is 0 Å². The molecule has 8 heteroatoms. The molecule has 0 aromatic heterocycles. The SMILES string of the molecule is COc1ccccc1N1C(=O)NC(=O)C(=Cc2ccc3c(c2)OCO3)C1=O. The van der Waals surface area contributed by atoms with E-state index in [1.165, 1.54) is 13.2 Å². The Bertz CT molecular complexity index is 997. The van der Waals surface area contributed by atoms with Crippen molar-refractivity contribution in [3.05, 3.63) is 53.6 Å². The van der Waals surface area contributed by atoms with Crippen LogP contribution in [-0.4, -0.2) is 31.7 Å². The minimum atomic E-state index is -0.836. The number of imide groups is 2. The van der Waals surface area contributed by atoms with Crippen LogP contribution >= 0.6 is 0 Å². The quantitative estimate of drug-likeness (QED) is 0.660. The molecule has 27 heavy (non-hydrogen) atoms. The number of fused-ring (bicyclic) bond motifs is 1. The Kier molecular flexibility index (Phi) is 4.00. The van der Waals surface area contributed by atoms with Crippen LogP contribution in [0.4, 0.5) is 10.5 Å². The first kappa shape index (κ1) is 16.6. The van der Waals surface area contributed by atoms with Gasteiger partial charge in [-0.25, -0.2) is 9.69 Å². The summed E-state index contributed by atoms with van der Waals surface area (Å²) < 4.78 is 15.8. The summed E-state index contributed by atoms with van der Waals surface area (Å²) in [5.74, 6) is -0.0782. The Hall–Kier alpha value is -3.81. The second-order valence-electron chi connectivity index (χ2n) is 5.74. The van der Waals surface area contributed by atoms with Crippen LogP contribution in [0.2, 0.25) is 0 Å². The van der Waals surface area contributed by atoms with Crippen molar-refractivity contribution in [2.75, 3.05) is 18.8 Å². The molecule has 1 N–H and O–H groups in total. The van der Waals surface area contributed by atoms with E-state index in [1.807, 2.05) is 0 Å². The predicted molar refractivity (Wildman–Crippen MR) is 94.6 cm³/mol. The molecule has 1 saturated heterocycles. The summed E-state index contributed by atoms with van der Waals surface area (Å²) in [5, 5.41) is 2.18. The Morgan fingerprint density at radius 2 is 1.85 bits per heavy atom. The second kappa shape index (κ2) is 6.49. The van der Waals surface area contributed by atoms with E-state index in [1.54, 1.807) is 42.5 Å². The molecule has 2 aliphatic rings. The topological polar surface area (TPSA) is 94.2 Å². The molecule has 2 aromatic rings. The van der Waals surface area contributed by atoms with Crippen molar-refractivity contribution in [1.82, 2.24) is 5.32 Å². The Labute approximate surface area is 153 Å². The molecule has 0 unspecified atom stereocenters. The normalized spacial score (nSPS) is 17.3. The standard InChI is InChI=1S/C19H14N2O6/c1-25-14-5-3-2-4-13(14)21-18(23)12(17(22)20-19(21)24)8-11-6-7-15-16(9-11)27-10-26-15/h2-9H,10H2,1H3,(H,20,22,24). The lowest BCUT2D eigenvalue weighted by atomic mass is 10.1. The summed E-state index contributed by atoms with van der Waals surface area (Å²) in [4.78, 5) is 38.3. The fraction of sp³-hybridized carbons (Fsp3) is 0.105. The van der Waals surface area contributed by atoms with Gasteiger partial charge in [-0.1, -0.05) is 18.2 Å². The number of methoxy groups -OCH3 is 1. The molecule has 0 atom stereocenters. The number of anilines is 1. The summed E-state index contributed by atoms with van der Waals surface area (Å²) in [7, 11) is 1.43. The Balaban J connectivity index is 1.74. The molecule has 2 aromatic carbocycles. The first-order chi connectivity index (χ1) is 13.1. The Morgan fingerprint density at radius 3 is 2.67 bits per heavy atom. The van der Waals surface area contributed by atoms with Gasteiger partial charge in [0.15, 0.2) is 11.5 Å². The van der Waals surface area contributed by atoms with Gasteiger partial charge < -0.3 is 14.2 Å². The van der Waals surface area contributed by atoms with E-state index < -0.39 is 17.8 Å². The minimum absolute atomic E-state index is 0.116. The molecular formula is C19H14N2O6. The van der Waals surface area contributed by atoms with Crippen molar-refractivity contribution in [3.8, 4) is 17.2 Å². The maximum atomic E-state index is 12.9. The van der Waals surface area contributed by atoms with Gasteiger partial charge in [-0.05, 0) is 35.9 Å². The number of nitrogens with one attached hydrogen (secondary N) is 1. The highest BCUT2D eigenvalue weighted by atomic mass is 16.7. The lowest BCUT2D eigenvalue weighted by Crippen LogP contribution is -2.54. The molecule has 0 saturated carbocycles. The van der Waals surface area contributed by atoms with Gasteiger partial charge in [-0.2, -0.15) is 0 Å². The first-order valence-electron chi connectivity index (χ1n) is 8.02. The molecule has 1 fully saturated rings. The average molecular weight is 366 g/mol. The number of hydrogen-bond donors (Lipinski definition) is 1. The third-order valence-corrected chi connectivity index (χ3v) is 4.14. The molecule has 8 nitrogen and oxygen atoms in total. The van der Waals surface area contributed by atoms with Crippen LogP contribution in [0.15, 0.2) is 48.0 Å². The van der Waals surface area contributed by atoms with E-state index in [-0.39, 0.29) is 18.1 Å².